The van der Waals surface area contributed by atoms with Crippen molar-refractivity contribution in [2.45, 2.75) is 0 Å². The van der Waals surface area contributed by atoms with Crippen LogP contribution in [0.5, 0.6) is 0 Å². The average Bonchev–Trinajstić information content (AvgIpc) is 2.58. The van der Waals surface area contributed by atoms with Crippen molar-refractivity contribution in [3.8, 4) is 11.1 Å². The first-order valence-corrected chi connectivity index (χ1v) is 7.08. The predicted octanol–water partition coefficient (Wildman–Crippen LogP) is 4.62. The van der Waals surface area contributed by atoms with Gasteiger partial charge in [0, 0.05) is 6.07 Å². The summed E-state index contributed by atoms with van der Waals surface area (Å²) in [6.07, 6.45) is 1.29. The number of aryl methyl sites for hydroxylation is 1. The van der Waals surface area contributed by atoms with E-state index in [2.05, 4.69) is 6.07 Å². The maximum Gasteiger partial charge on any atom is 0.359 e. The van der Waals surface area contributed by atoms with Gasteiger partial charge in [-0.15, -0.1) is 4.39 Å². The minimum Gasteiger partial charge on any atom is -0.176 e. The zero-order chi connectivity index (χ0) is 17.6. The molecule has 0 amide bonds. The van der Waals surface area contributed by atoms with E-state index in [0.29, 0.717) is 10.1 Å². The Labute approximate surface area is 132 Å². The predicted molar refractivity (Wildman–Crippen MR) is 88.0 cm³/mol. The standard InChI is InChI=1S/C20H15FN/c1-22-11-10-16(13-19(22)21)20-17-8-4-2-6-14(17)12-15-7-3-5-9-18(15)20/h2-13H,1H3/q+1/i1D3. The molecule has 106 valence electrons. The molecule has 1 aromatic heterocycles. The first kappa shape index (κ1) is 10.1. The minimum atomic E-state index is -2.54. The molecule has 0 fully saturated rings. The third-order valence-corrected chi connectivity index (χ3v) is 3.97. The fraction of sp³-hybridized carbons (Fsp3) is 0.0500. The van der Waals surface area contributed by atoms with E-state index in [9.17, 15) is 4.39 Å². The van der Waals surface area contributed by atoms with E-state index in [1.54, 1.807) is 6.07 Å². The molecule has 4 aromatic rings. The molecule has 0 aliphatic rings. The summed E-state index contributed by atoms with van der Waals surface area (Å²) in [6.45, 7) is -2.54. The van der Waals surface area contributed by atoms with Gasteiger partial charge < -0.3 is 0 Å². The zero-order valence-corrected chi connectivity index (χ0v) is 11.8. The summed E-state index contributed by atoms with van der Waals surface area (Å²) in [5, 5.41) is 4.13. The summed E-state index contributed by atoms with van der Waals surface area (Å²) >= 11 is 0. The highest BCUT2D eigenvalue weighted by molar-refractivity contribution is 6.12. The van der Waals surface area contributed by atoms with Gasteiger partial charge >= 0.3 is 5.95 Å². The zero-order valence-electron chi connectivity index (χ0n) is 14.8. The Balaban J connectivity index is 2.07. The number of benzene rings is 3. The Kier molecular flexibility index (Phi) is 2.25. The molecular weight excluding hydrogens is 273 g/mol. The lowest BCUT2D eigenvalue weighted by Gasteiger charge is -2.11. The fourth-order valence-electron chi connectivity index (χ4n) is 2.95. The van der Waals surface area contributed by atoms with Gasteiger partial charge in [-0.2, -0.15) is 4.57 Å². The number of hydrogen-bond donors (Lipinski definition) is 0. The van der Waals surface area contributed by atoms with Crippen molar-refractivity contribution >= 4 is 21.5 Å². The molecule has 0 bridgehead atoms. The topological polar surface area (TPSA) is 3.88 Å². The Morgan fingerprint density at radius 2 is 1.50 bits per heavy atom. The number of fused-ring (bicyclic) bond motifs is 2. The number of halogens is 1. The van der Waals surface area contributed by atoms with Crippen LogP contribution in [-0.4, -0.2) is 0 Å². The van der Waals surface area contributed by atoms with Crippen LogP contribution in [0, 0.1) is 5.95 Å². The molecule has 0 saturated carbocycles. The van der Waals surface area contributed by atoms with Crippen LogP contribution in [0.4, 0.5) is 4.39 Å². The SMILES string of the molecule is [2H]C([2H])([2H])[n+]1ccc(-c2c3ccccc3cc3ccccc23)cc1F. The van der Waals surface area contributed by atoms with Crippen LogP contribution in [-0.2, 0) is 6.98 Å². The molecule has 0 N–H and O–H groups in total. The molecule has 2 heteroatoms. The maximum absolute atomic E-state index is 14.4. The highest BCUT2D eigenvalue weighted by Gasteiger charge is 2.13. The second kappa shape index (κ2) is 4.92. The van der Waals surface area contributed by atoms with E-state index >= 15 is 0 Å². The smallest absolute Gasteiger partial charge is 0.176 e. The van der Waals surface area contributed by atoms with Crippen LogP contribution in [0.2, 0.25) is 0 Å². The first-order valence-electron chi connectivity index (χ1n) is 8.58. The van der Waals surface area contributed by atoms with E-state index in [-0.39, 0.29) is 0 Å². The highest BCUT2D eigenvalue weighted by atomic mass is 19.1. The summed E-state index contributed by atoms with van der Waals surface area (Å²) < 4.78 is 37.3. The van der Waals surface area contributed by atoms with E-state index in [1.807, 2.05) is 48.5 Å². The third-order valence-electron chi connectivity index (χ3n) is 3.97. The summed E-state index contributed by atoms with van der Waals surface area (Å²) in [4.78, 5) is 0. The van der Waals surface area contributed by atoms with E-state index in [0.717, 1.165) is 27.1 Å². The molecule has 4 rings (SSSR count). The summed E-state index contributed by atoms with van der Waals surface area (Å²) in [7, 11) is 0. The molecule has 0 saturated heterocycles. The molecule has 0 aliphatic carbocycles. The van der Waals surface area contributed by atoms with Gasteiger partial charge in [-0.1, -0.05) is 48.5 Å². The second-order valence-electron chi connectivity index (χ2n) is 5.30. The van der Waals surface area contributed by atoms with E-state index in [1.165, 1.54) is 12.3 Å². The lowest BCUT2D eigenvalue weighted by molar-refractivity contribution is -0.700. The molecule has 3 aromatic carbocycles. The van der Waals surface area contributed by atoms with Crippen LogP contribution in [0.25, 0.3) is 32.7 Å². The fourth-order valence-corrected chi connectivity index (χ4v) is 2.95. The lowest BCUT2D eigenvalue weighted by atomic mass is 9.92. The van der Waals surface area contributed by atoms with Crippen molar-refractivity contribution in [3.63, 3.8) is 0 Å². The van der Waals surface area contributed by atoms with Crippen LogP contribution in [0.1, 0.15) is 4.11 Å². The Morgan fingerprint density at radius 1 is 0.864 bits per heavy atom. The van der Waals surface area contributed by atoms with Crippen molar-refractivity contribution in [2.75, 3.05) is 0 Å². The van der Waals surface area contributed by atoms with Gasteiger partial charge in [0.25, 0.3) is 0 Å². The monoisotopic (exact) mass is 291 g/mol. The number of aromatic nitrogens is 1. The first-order chi connectivity index (χ1) is 11.9. The van der Waals surface area contributed by atoms with Crippen LogP contribution in [0.3, 0.4) is 0 Å². The van der Waals surface area contributed by atoms with Gasteiger partial charge in [0.1, 0.15) is 11.1 Å². The van der Waals surface area contributed by atoms with Crippen molar-refractivity contribution < 1.29 is 13.1 Å². The highest BCUT2D eigenvalue weighted by Crippen LogP contribution is 2.36. The van der Waals surface area contributed by atoms with Gasteiger partial charge in [0.05, 0.1) is 6.07 Å². The van der Waals surface area contributed by atoms with Gasteiger partial charge in [-0.3, -0.25) is 0 Å². The van der Waals surface area contributed by atoms with Crippen molar-refractivity contribution in [2.24, 2.45) is 6.98 Å². The van der Waals surface area contributed by atoms with Gasteiger partial charge in [0.2, 0.25) is 0 Å². The van der Waals surface area contributed by atoms with Crippen LogP contribution >= 0.6 is 0 Å². The van der Waals surface area contributed by atoms with Gasteiger partial charge in [-0.25, -0.2) is 0 Å². The number of rotatable bonds is 1. The number of nitrogens with zero attached hydrogens (tertiary/aromatic N) is 1. The quantitative estimate of drug-likeness (QED) is 0.274. The summed E-state index contributed by atoms with van der Waals surface area (Å²) in [6, 6.07) is 20.9. The van der Waals surface area contributed by atoms with E-state index < -0.39 is 12.9 Å². The van der Waals surface area contributed by atoms with Gasteiger partial charge in [0.15, 0.2) is 6.20 Å². The molecule has 0 spiro atoms. The largest absolute Gasteiger partial charge is 0.359 e. The average molecular weight is 291 g/mol. The lowest BCUT2D eigenvalue weighted by Crippen LogP contribution is -2.31. The normalized spacial score (nSPS) is 13.8. The van der Waals surface area contributed by atoms with Crippen LogP contribution < -0.4 is 4.57 Å². The summed E-state index contributed by atoms with van der Waals surface area (Å²) in [5.74, 6) is -0.783. The maximum atomic E-state index is 14.4. The Bertz CT molecular complexity index is 1050. The molecular formula is C20H15FN+. The van der Waals surface area contributed by atoms with Crippen LogP contribution in [0.15, 0.2) is 72.9 Å². The van der Waals surface area contributed by atoms with E-state index in [4.69, 9.17) is 4.11 Å². The second-order valence-corrected chi connectivity index (χ2v) is 5.30. The summed E-state index contributed by atoms with van der Waals surface area (Å²) in [5.41, 5.74) is 1.57. The molecule has 1 nitrogen and oxygen atoms in total. The molecule has 0 radical (unpaired) electrons. The number of pyridine rings is 1. The number of hydrogen-bond acceptors (Lipinski definition) is 0. The molecule has 0 aliphatic heterocycles. The molecule has 1 heterocycles. The van der Waals surface area contributed by atoms with Crippen molar-refractivity contribution in [1.29, 1.82) is 0 Å². The van der Waals surface area contributed by atoms with Crippen molar-refractivity contribution in [3.05, 3.63) is 78.9 Å². The minimum absolute atomic E-state index is 0.658. The Hall–Kier alpha value is -2.74. The van der Waals surface area contributed by atoms with Gasteiger partial charge in [-0.05, 0) is 38.7 Å². The molecule has 0 unspecified atom stereocenters. The third kappa shape index (κ3) is 1.96. The molecule has 22 heavy (non-hydrogen) atoms. The molecule has 0 atom stereocenters. The Morgan fingerprint density at radius 3 is 2.09 bits per heavy atom. The van der Waals surface area contributed by atoms with Crippen molar-refractivity contribution in [1.82, 2.24) is 0 Å².